The minimum atomic E-state index is 0.171. The highest BCUT2D eigenvalue weighted by Crippen LogP contribution is 2.26. The van der Waals surface area contributed by atoms with Gasteiger partial charge in [0.1, 0.15) is 5.75 Å². The summed E-state index contributed by atoms with van der Waals surface area (Å²) in [6.45, 7) is 6.15. The molecule has 0 unspecified atom stereocenters. The molecular formula is C12H17ClO. The van der Waals surface area contributed by atoms with Crippen molar-refractivity contribution < 1.29 is 4.74 Å². The van der Waals surface area contributed by atoms with Crippen LogP contribution in [0, 0.1) is 0 Å². The number of rotatable bonds is 4. The summed E-state index contributed by atoms with van der Waals surface area (Å²) in [6.07, 6.45) is 2.38. The maximum atomic E-state index is 6.08. The van der Waals surface area contributed by atoms with Crippen molar-refractivity contribution in [1.82, 2.24) is 0 Å². The molecule has 0 fully saturated rings. The van der Waals surface area contributed by atoms with Crippen LogP contribution in [0.3, 0.4) is 0 Å². The van der Waals surface area contributed by atoms with Crippen molar-refractivity contribution in [2.24, 2.45) is 0 Å². The number of hydrogen-bond acceptors (Lipinski definition) is 1. The van der Waals surface area contributed by atoms with Gasteiger partial charge in [0.15, 0.2) is 0 Å². The zero-order valence-corrected chi connectivity index (χ0v) is 9.77. The first-order valence-corrected chi connectivity index (χ1v) is 5.46. The molecular weight excluding hydrogens is 196 g/mol. The average Bonchev–Trinajstić information content (AvgIpc) is 2.10. The Bertz CT molecular complexity index is 294. The number of aryl methyl sites for hydroxylation is 1. The van der Waals surface area contributed by atoms with Gasteiger partial charge in [0.05, 0.1) is 11.1 Å². The van der Waals surface area contributed by atoms with Crippen molar-refractivity contribution in [2.45, 2.75) is 39.7 Å². The van der Waals surface area contributed by atoms with Crippen LogP contribution in [0.2, 0.25) is 5.02 Å². The summed E-state index contributed by atoms with van der Waals surface area (Å²) in [7, 11) is 0. The molecule has 0 saturated heterocycles. The molecule has 0 bridgehead atoms. The van der Waals surface area contributed by atoms with Crippen molar-refractivity contribution in [3.05, 3.63) is 28.8 Å². The molecule has 0 radical (unpaired) electrons. The second-order valence-electron chi connectivity index (χ2n) is 3.68. The largest absolute Gasteiger partial charge is 0.489 e. The van der Waals surface area contributed by atoms with Crippen LogP contribution < -0.4 is 4.74 Å². The lowest BCUT2D eigenvalue weighted by Gasteiger charge is -2.11. The predicted octanol–water partition coefficient (Wildman–Crippen LogP) is 4.08. The van der Waals surface area contributed by atoms with Gasteiger partial charge in [-0.3, -0.25) is 0 Å². The van der Waals surface area contributed by atoms with E-state index in [0.29, 0.717) is 5.02 Å². The first kappa shape index (κ1) is 11.4. The SMILES string of the molecule is CCCc1ccc(OC(C)C)c(Cl)c1. The van der Waals surface area contributed by atoms with Crippen LogP contribution in [0.15, 0.2) is 18.2 Å². The Hall–Kier alpha value is -0.690. The molecule has 0 saturated carbocycles. The van der Waals surface area contributed by atoms with Gasteiger partial charge in [-0.15, -0.1) is 0 Å². The van der Waals surface area contributed by atoms with Crippen LogP contribution in [0.4, 0.5) is 0 Å². The molecule has 0 aliphatic heterocycles. The Balaban J connectivity index is 2.79. The number of ether oxygens (including phenoxy) is 1. The smallest absolute Gasteiger partial charge is 0.138 e. The summed E-state index contributed by atoms with van der Waals surface area (Å²) < 4.78 is 5.55. The summed E-state index contributed by atoms with van der Waals surface area (Å²) in [5, 5.41) is 0.713. The van der Waals surface area contributed by atoms with Gasteiger partial charge in [-0.1, -0.05) is 31.0 Å². The molecule has 0 aliphatic rings. The topological polar surface area (TPSA) is 9.23 Å². The predicted molar refractivity (Wildman–Crippen MR) is 61.2 cm³/mol. The fourth-order valence-corrected chi connectivity index (χ4v) is 1.59. The minimum absolute atomic E-state index is 0.171. The summed E-state index contributed by atoms with van der Waals surface area (Å²) in [4.78, 5) is 0. The molecule has 0 N–H and O–H groups in total. The van der Waals surface area contributed by atoms with Crippen LogP contribution in [0.25, 0.3) is 0 Å². The van der Waals surface area contributed by atoms with E-state index in [0.717, 1.165) is 18.6 Å². The normalized spacial score (nSPS) is 10.6. The Kier molecular flexibility index (Phi) is 4.27. The third-order valence-electron chi connectivity index (χ3n) is 1.90. The Labute approximate surface area is 91.0 Å². The summed E-state index contributed by atoms with van der Waals surface area (Å²) >= 11 is 6.08. The minimum Gasteiger partial charge on any atom is -0.489 e. The van der Waals surface area contributed by atoms with E-state index in [-0.39, 0.29) is 6.10 Å². The van der Waals surface area contributed by atoms with Crippen molar-refractivity contribution >= 4 is 11.6 Å². The fourth-order valence-electron chi connectivity index (χ4n) is 1.34. The van der Waals surface area contributed by atoms with Gasteiger partial charge in [-0.2, -0.15) is 0 Å². The van der Waals surface area contributed by atoms with Gasteiger partial charge >= 0.3 is 0 Å². The first-order chi connectivity index (χ1) is 6.63. The number of halogens is 1. The lowest BCUT2D eigenvalue weighted by Crippen LogP contribution is -2.05. The van der Waals surface area contributed by atoms with Crippen molar-refractivity contribution in [3.63, 3.8) is 0 Å². The van der Waals surface area contributed by atoms with Gasteiger partial charge in [0, 0.05) is 0 Å². The van der Waals surface area contributed by atoms with Crippen LogP contribution in [-0.4, -0.2) is 6.10 Å². The van der Waals surface area contributed by atoms with E-state index >= 15 is 0 Å². The third-order valence-corrected chi connectivity index (χ3v) is 2.19. The molecule has 1 nitrogen and oxygen atoms in total. The van der Waals surface area contributed by atoms with E-state index in [1.165, 1.54) is 5.56 Å². The van der Waals surface area contributed by atoms with Gasteiger partial charge in [0.25, 0.3) is 0 Å². The average molecular weight is 213 g/mol. The van der Waals surface area contributed by atoms with E-state index in [9.17, 15) is 0 Å². The fraction of sp³-hybridized carbons (Fsp3) is 0.500. The van der Waals surface area contributed by atoms with E-state index in [1.807, 2.05) is 26.0 Å². The Morgan fingerprint density at radius 1 is 1.36 bits per heavy atom. The van der Waals surface area contributed by atoms with E-state index in [1.54, 1.807) is 0 Å². The van der Waals surface area contributed by atoms with Gasteiger partial charge in [-0.25, -0.2) is 0 Å². The molecule has 1 rings (SSSR count). The second-order valence-corrected chi connectivity index (χ2v) is 4.09. The molecule has 14 heavy (non-hydrogen) atoms. The Morgan fingerprint density at radius 2 is 2.07 bits per heavy atom. The molecule has 1 aromatic rings. The molecule has 1 aromatic carbocycles. The van der Waals surface area contributed by atoms with Crippen LogP contribution in [-0.2, 0) is 6.42 Å². The lowest BCUT2D eigenvalue weighted by atomic mass is 10.1. The van der Waals surface area contributed by atoms with E-state index in [4.69, 9.17) is 16.3 Å². The zero-order chi connectivity index (χ0) is 10.6. The molecule has 2 heteroatoms. The molecule has 0 aliphatic carbocycles. The molecule has 0 amide bonds. The van der Waals surface area contributed by atoms with E-state index in [2.05, 4.69) is 13.0 Å². The van der Waals surface area contributed by atoms with Crippen LogP contribution in [0.5, 0.6) is 5.75 Å². The first-order valence-electron chi connectivity index (χ1n) is 5.08. The highest BCUT2D eigenvalue weighted by molar-refractivity contribution is 6.32. The van der Waals surface area contributed by atoms with Crippen molar-refractivity contribution in [3.8, 4) is 5.75 Å². The molecule has 0 heterocycles. The van der Waals surface area contributed by atoms with Gasteiger partial charge in [0.2, 0.25) is 0 Å². The standard InChI is InChI=1S/C12H17ClO/c1-4-5-10-6-7-12(11(13)8-10)14-9(2)3/h6-9H,4-5H2,1-3H3. The second kappa shape index (κ2) is 5.26. The number of benzene rings is 1. The van der Waals surface area contributed by atoms with Gasteiger partial charge in [-0.05, 0) is 38.0 Å². The maximum absolute atomic E-state index is 6.08. The van der Waals surface area contributed by atoms with Crippen LogP contribution >= 0.6 is 11.6 Å². The van der Waals surface area contributed by atoms with Crippen LogP contribution in [0.1, 0.15) is 32.8 Å². The monoisotopic (exact) mass is 212 g/mol. The quantitative estimate of drug-likeness (QED) is 0.731. The summed E-state index contributed by atoms with van der Waals surface area (Å²) in [5.41, 5.74) is 1.27. The molecule has 78 valence electrons. The van der Waals surface area contributed by atoms with Crippen molar-refractivity contribution in [1.29, 1.82) is 0 Å². The maximum Gasteiger partial charge on any atom is 0.138 e. The zero-order valence-electron chi connectivity index (χ0n) is 9.01. The van der Waals surface area contributed by atoms with Crippen molar-refractivity contribution in [2.75, 3.05) is 0 Å². The third kappa shape index (κ3) is 3.22. The highest BCUT2D eigenvalue weighted by atomic mass is 35.5. The highest BCUT2D eigenvalue weighted by Gasteiger charge is 2.04. The molecule has 0 spiro atoms. The van der Waals surface area contributed by atoms with Gasteiger partial charge < -0.3 is 4.74 Å². The van der Waals surface area contributed by atoms with E-state index < -0.39 is 0 Å². The summed E-state index contributed by atoms with van der Waals surface area (Å²) in [5.74, 6) is 0.779. The molecule has 0 aromatic heterocycles. The number of hydrogen-bond donors (Lipinski definition) is 0. The lowest BCUT2D eigenvalue weighted by molar-refractivity contribution is 0.242. The molecule has 0 atom stereocenters. The summed E-state index contributed by atoms with van der Waals surface area (Å²) in [6, 6.07) is 6.02. The Morgan fingerprint density at radius 3 is 2.57 bits per heavy atom.